The SMILES string of the molecule is O=[N+]([O-])c1cc2c(cc1-n1ccnc1)N(CCCCCCOS(=O)(=O)O)C(O)C(O)N2. The molecular formula is C17H23N5O8S. The molecule has 4 N–H and O–H groups in total. The largest absolute Gasteiger partial charge is 0.397 e. The van der Waals surface area contributed by atoms with Crippen molar-refractivity contribution in [3.8, 4) is 5.69 Å². The number of anilines is 2. The monoisotopic (exact) mass is 457 g/mol. The molecule has 0 bridgehead atoms. The van der Waals surface area contributed by atoms with E-state index in [4.69, 9.17) is 4.55 Å². The van der Waals surface area contributed by atoms with E-state index in [0.29, 0.717) is 43.6 Å². The number of aliphatic hydroxyl groups is 2. The van der Waals surface area contributed by atoms with Crippen molar-refractivity contribution in [1.82, 2.24) is 9.55 Å². The molecule has 0 amide bonds. The molecule has 14 heteroatoms. The standard InChI is InChI=1S/C17H23N5O8S/c23-16-17(24)21(6-3-1-2-4-8-30-31(27,28)29)13-10-14(20-7-5-18-11-20)15(22(25)26)9-12(13)19-16/h5,7,9-11,16-17,19,23-24H,1-4,6,8H2,(H,27,28,29). The summed E-state index contributed by atoms with van der Waals surface area (Å²) in [7, 11) is -4.44. The number of fused-ring (bicyclic) bond motifs is 1. The molecular weight excluding hydrogens is 434 g/mol. The average Bonchev–Trinajstić information content (AvgIpc) is 3.22. The first-order chi connectivity index (χ1) is 14.7. The quantitative estimate of drug-likeness (QED) is 0.173. The number of benzene rings is 1. The van der Waals surface area contributed by atoms with Crippen LogP contribution in [0, 0.1) is 10.1 Å². The van der Waals surface area contributed by atoms with Gasteiger partial charge in [0, 0.05) is 25.0 Å². The van der Waals surface area contributed by atoms with Crippen LogP contribution in [0.3, 0.4) is 0 Å². The van der Waals surface area contributed by atoms with Crippen LogP contribution in [0.4, 0.5) is 17.1 Å². The third-order valence-electron chi connectivity index (χ3n) is 4.81. The van der Waals surface area contributed by atoms with Crippen molar-refractivity contribution in [3.05, 3.63) is 41.0 Å². The molecule has 1 aliphatic rings. The lowest BCUT2D eigenvalue weighted by molar-refractivity contribution is -0.384. The van der Waals surface area contributed by atoms with Gasteiger partial charge in [-0.05, 0) is 18.9 Å². The van der Waals surface area contributed by atoms with Gasteiger partial charge >= 0.3 is 10.4 Å². The molecule has 0 spiro atoms. The van der Waals surface area contributed by atoms with Crippen molar-refractivity contribution >= 4 is 27.5 Å². The summed E-state index contributed by atoms with van der Waals surface area (Å²) in [5.74, 6) is 0. The minimum Gasteiger partial charge on any atom is -0.369 e. The van der Waals surface area contributed by atoms with Crippen molar-refractivity contribution < 1.29 is 32.3 Å². The zero-order chi connectivity index (χ0) is 22.6. The summed E-state index contributed by atoms with van der Waals surface area (Å²) >= 11 is 0. The number of unbranched alkanes of at least 4 members (excludes halogenated alkanes) is 3. The van der Waals surface area contributed by atoms with E-state index in [1.54, 1.807) is 17.2 Å². The van der Waals surface area contributed by atoms with Gasteiger partial charge in [0.05, 0.1) is 29.2 Å². The van der Waals surface area contributed by atoms with Crippen molar-refractivity contribution in [2.24, 2.45) is 0 Å². The highest BCUT2D eigenvalue weighted by molar-refractivity contribution is 7.80. The Labute approximate surface area is 178 Å². The number of rotatable bonds is 10. The van der Waals surface area contributed by atoms with E-state index < -0.39 is 27.8 Å². The normalized spacial score (nSPS) is 18.5. The lowest BCUT2D eigenvalue weighted by Gasteiger charge is -2.39. The van der Waals surface area contributed by atoms with E-state index in [9.17, 15) is 28.7 Å². The number of hydrogen-bond donors (Lipinski definition) is 4. The second-order valence-electron chi connectivity index (χ2n) is 6.95. The number of hydrogen-bond acceptors (Lipinski definition) is 10. The molecule has 13 nitrogen and oxygen atoms in total. The molecule has 0 saturated carbocycles. The highest BCUT2D eigenvalue weighted by Crippen LogP contribution is 2.39. The third-order valence-corrected chi connectivity index (χ3v) is 5.28. The summed E-state index contributed by atoms with van der Waals surface area (Å²) in [6.07, 6.45) is 4.16. The summed E-state index contributed by atoms with van der Waals surface area (Å²) in [4.78, 5) is 16.5. The van der Waals surface area contributed by atoms with E-state index in [-0.39, 0.29) is 18.0 Å². The van der Waals surface area contributed by atoms with Gasteiger partial charge in [0.25, 0.3) is 5.69 Å². The van der Waals surface area contributed by atoms with Crippen LogP contribution < -0.4 is 10.2 Å². The predicted octanol–water partition coefficient (Wildman–Crippen LogP) is 1.03. The fourth-order valence-corrected chi connectivity index (χ4v) is 3.70. The summed E-state index contributed by atoms with van der Waals surface area (Å²) in [5, 5.41) is 34.8. The molecule has 1 aliphatic heterocycles. The van der Waals surface area contributed by atoms with E-state index >= 15 is 0 Å². The van der Waals surface area contributed by atoms with E-state index in [2.05, 4.69) is 14.5 Å². The van der Waals surface area contributed by atoms with E-state index in [1.165, 1.54) is 23.2 Å². The highest BCUT2D eigenvalue weighted by Gasteiger charge is 2.33. The maximum absolute atomic E-state index is 11.5. The molecule has 1 aromatic carbocycles. The Morgan fingerprint density at radius 1 is 1.19 bits per heavy atom. The Bertz CT molecular complexity index is 1010. The van der Waals surface area contributed by atoms with Crippen LogP contribution in [0.1, 0.15) is 25.7 Å². The highest BCUT2D eigenvalue weighted by atomic mass is 32.3. The number of nitro benzene ring substituents is 1. The van der Waals surface area contributed by atoms with Crippen molar-refractivity contribution in [2.45, 2.75) is 38.1 Å². The smallest absolute Gasteiger partial charge is 0.369 e. The van der Waals surface area contributed by atoms with Gasteiger partial charge in [-0.15, -0.1) is 0 Å². The lowest BCUT2D eigenvalue weighted by atomic mass is 10.1. The summed E-state index contributed by atoms with van der Waals surface area (Å²) in [6.45, 7) is 0.210. The molecule has 3 rings (SSSR count). The second kappa shape index (κ2) is 9.57. The molecule has 2 heterocycles. The van der Waals surface area contributed by atoms with Gasteiger partial charge in [-0.3, -0.25) is 14.7 Å². The molecule has 2 aromatic rings. The Morgan fingerprint density at radius 3 is 2.58 bits per heavy atom. The van der Waals surface area contributed by atoms with E-state index in [0.717, 1.165) is 0 Å². The fourth-order valence-electron chi connectivity index (χ4n) is 3.38. The zero-order valence-corrected chi connectivity index (χ0v) is 17.2. The van der Waals surface area contributed by atoms with Crippen LogP contribution in [-0.2, 0) is 14.6 Å². The van der Waals surface area contributed by atoms with Crippen LogP contribution in [0.2, 0.25) is 0 Å². The number of imidazole rings is 1. The first-order valence-corrected chi connectivity index (χ1v) is 10.9. The second-order valence-corrected chi connectivity index (χ2v) is 8.04. The Morgan fingerprint density at radius 2 is 1.94 bits per heavy atom. The van der Waals surface area contributed by atoms with Crippen LogP contribution in [-0.4, -0.2) is 63.3 Å². The van der Waals surface area contributed by atoms with Crippen LogP contribution in [0.15, 0.2) is 30.9 Å². The van der Waals surface area contributed by atoms with Crippen LogP contribution >= 0.6 is 0 Å². The Hall–Kier alpha value is -2.78. The van der Waals surface area contributed by atoms with Gasteiger partial charge in [0.1, 0.15) is 5.69 Å². The van der Waals surface area contributed by atoms with Crippen molar-refractivity contribution in [3.63, 3.8) is 0 Å². The molecule has 170 valence electrons. The van der Waals surface area contributed by atoms with Gasteiger partial charge in [-0.1, -0.05) is 12.8 Å². The molecule has 1 aromatic heterocycles. The zero-order valence-electron chi connectivity index (χ0n) is 16.4. The first kappa shape index (κ1) is 22.9. The number of nitrogens with one attached hydrogen (secondary N) is 1. The number of nitro groups is 1. The summed E-state index contributed by atoms with van der Waals surface area (Å²) in [6, 6.07) is 2.86. The van der Waals surface area contributed by atoms with Gasteiger partial charge in [0.15, 0.2) is 12.5 Å². The number of aliphatic hydroxyl groups excluding tert-OH is 2. The van der Waals surface area contributed by atoms with Gasteiger partial charge in [-0.25, -0.2) is 9.17 Å². The fraction of sp³-hybridized carbons (Fsp3) is 0.471. The van der Waals surface area contributed by atoms with Gasteiger partial charge in [0.2, 0.25) is 0 Å². The Balaban J connectivity index is 1.73. The maximum Gasteiger partial charge on any atom is 0.397 e. The van der Waals surface area contributed by atoms with Crippen LogP contribution in [0.25, 0.3) is 5.69 Å². The van der Waals surface area contributed by atoms with Crippen LogP contribution in [0.5, 0.6) is 0 Å². The Kier molecular flexibility index (Phi) is 7.07. The maximum atomic E-state index is 11.5. The van der Waals surface area contributed by atoms with Crippen molar-refractivity contribution in [1.29, 1.82) is 0 Å². The number of aromatic nitrogens is 2. The van der Waals surface area contributed by atoms with Gasteiger partial charge < -0.3 is 25.0 Å². The predicted molar refractivity (Wildman–Crippen MR) is 109 cm³/mol. The summed E-state index contributed by atoms with van der Waals surface area (Å²) in [5.41, 5.74) is 0.877. The minimum absolute atomic E-state index is 0.130. The van der Waals surface area contributed by atoms with Gasteiger partial charge in [-0.2, -0.15) is 8.42 Å². The molecule has 0 aliphatic carbocycles. The molecule has 0 fully saturated rings. The minimum atomic E-state index is -4.44. The molecule has 31 heavy (non-hydrogen) atoms. The third kappa shape index (κ3) is 5.68. The first-order valence-electron chi connectivity index (χ1n) is 9.49. The lowest BCUT2D eigenvalue weighted by Crippen LogP contribution is -2.51. The molecule has 2 unspecified atom stereocenters. The molecule has 0 radical (unpaired) electrons. The average molecular weight is 457 g/mol. The topological polar surface area (TPSA) is 180 Å². The van der Waals surface area contributed by atoms with Crippen molar-refractivity contribution in [2.75, 3.05) is 23.4 Å². The number of nitrogens with zero attached hydrogens (tertiary/aromatic N) is 4. The molecule has 2 atom stereocenters. The summed E-state index contributed by atoms with van der Waals surface area (Å²) < 4.78 is 35.3. The van der Waals surface area contributed by atoms with E-state index in [1.807, 2.05) is 0 Å². The molecule has 0 saturated heterocycles.